The van der Waals surface area contributed by atoms with Gasteiger partial charge >= 0.3 is 6.18 Å². The first kappa shape index (κ1) is 15.8. The summed E-state index contributed by atoms with van der Waals surface area (Å²) in [5, 5.41) is 5.61. The zero-order valence-corrected chi connectivity index (χ0v) is 12.0. The summed E-state index contributed by atoms with van der Waals surface area (Å²) in [6, 6.07) is 1.47. The van der Waals surface area contributed by atoms with Gasteiger partial charge in [0, 0.05) is 33.4 Å². The third kappa shape index (κ3) is 4.20. The van der Waals surface area contributed by atoms with E-state index in [0.717, 1.165) is 19.3 Å². The van der Waals surface area contributed by atoms with E-state index in [4.69, 9.17) is 4.74 Å². The lowest BCUT2D eigenvalue weighted by Gasteiger charge is -2.17. The molecule has 8 heteroatoms. The Labute approximate surface area is 121 Å². The maximum atomic E-state index is 12.7. The van der Waals surface area contributed by atoms with Gasteiger partial charge in [-0.05, 0) is 24.7 Å². The van der Waals surface area contributed by atoms with E-state index in [9.17, 15) is 13.2 Å². The maximum absolute atomic E-state index is 12.7. The van der Waals surface area contributed by atoms with E-state index >= 15 is 0 Å². The van der Waals surface area contributed by atoms with Gasteiger partial charge in [-0.15, -0.1) is 0 Å². The number of alkyl halides is 3. The fraction of sp³-hybridized carbons (Fsp3) is 0.692. The first-order valence-electron chi connectivity index (χ1n) is 6.75. The summed E-state index contributed by atoms with van der Waals surface area (Å²) in [6.07, 6.45) is -1.55. The Morgan fingerprint density at radius 2 is 1.95 bits per heavy atom. The molecule has 1 fully saturated rings. The molecule has 0 unspecified atom stereocenters. The fourth-order valence-electron chi connectivity index (χ4n) is 2.08. The van der Waals surface area contributed by atoms with E-state index in [-0.39, 0.29) is 17.1 Å². The van der Waals surface area contributed by atoms with Crippen molar-refractivity contribution in [1.82, 2.24) is 9.97 Å². The minimum absolute atomic E-state index is 0.124. The largest absolute Gasteiger partial charge is 0.451 e. The topological polar surface area (TPSA) is 59.1 Å². The SMILES string of the molecule is CNc1cc(NCC2(CCOC)CC2)nc(C(F)(F)F)n1. The van der Waals surface area contributed by atoms with Crippen LogP contribution in [0.4, 0.5) is 24.8 Å². The minimum atomic E-state index is -4.56. The third-order valence-electron chi connectivity index (χ3n) is 3.67. The molecule has 0 aromatic carbocycles. The molecule has 0 radical (unpaired) electrons. The predicted molar refractivity (Wildman–Crippen MR) is 73.2 cm³/mol. The number of rotatable bonds is 7. The standard InChI is InChI=1S/C13H19F3N4O/c1-17-9-7-10(20-11(19-9)13(14,15)16)18-8-12(3-4-12)5-6-21-2/h7H,3-6,8H2,1-2H3,(H2,17,18,19,20). The molecule has 2 rings (SSSR count). The van der Waals surface area contributed by atoms with Crippen molar-refractivity contribution in [2.24, 2.45) is 5.41 Å². The molecule has 21 heavy (non-hydrogen) atoms. The van der Waals surface area contributed by atoms with Crippen LogP contribution in [0.5, 0.6) is 0 Å². The summed E-state index contributed by atoms with van der Waals surface area (Å²) in [4.78, 5) is 6.97. The molecule has 1 aliphatic carbocycles. The van der Waals surface area contributed by atoms with Crippen molar-refractivity contribution in [3.05, 3.63) is 11.9 Å². The molecule has 0 aliphatic heterocycles. The average molecular weight is 304 g/mol. The predicted octanol–water partition coefficient (Wildman–Crippen LogP) is 2.77. The van der Waals surface area contributed by atoms with Crippen LogP contribution in [0.25, 0.3) is 0 Å². The van der Waals surface area contributed by atoms with Crippen molar-refractivity contribution < 1.29 is 17.9 Å². The van der Waals surface area contributed by atoms with Crippen LogP contribution in [-0.2, 0) is 10.9 Å². The highest BCUT2D eigenvalue weighted by atomic mass is 19.4. The van der Waals surface area contributed by atoms with Gasteiger partial charge in [-0.2, -0.15) is 13.2 Å². The second-order valence-electron chi connectivity index (χ2n) is 5.31. The molecule has 118 valence electrons. The number of hydrogen-bond acceptors (Lipinski definition) is 5. The molecule has 1 saturated carbocycles. The van der Waals surface area contributed by atoms with Crippen molar-refractivity contribution in [3.8, 4) is 0 Å². The number of nitrogens with zero attached hydrogens (tertiary/aromatic N) is 2. The summed E-state index contributed by atoms with van der Waals surface area (Å²) in [5.41, 5.74) is 0.124. The highest BCUT2D eigenvalue weighted by Gasteiger charge is 2.42. The lowest BCUT2D eigenvalue weighted by atomic mass is 10.0. The van der Waals surface area contributed by atoms with E-state index in [1.807, 2.05) is 0 Å². The minimum Gasteiger partial charge on any atom is -0.385 e. The Bertz CT molecular complexity index is 489. The molecule has 2 N–H and O–H groups in total. The molecular formula is C13H19F3N4O. The highest BCUT2D eigenvalue weighted by molar-refractivity contribution is 5.47. The molecular weight excluding hydrogens is 285 g/mol. The van der Waals surface area contributed by atoms with Gasteiger partial charge in [-0.3, -0.25) is 0 Å². The molecule has 1 aromatic rings. The van der Waals surface area contributed by atoms with Gasteiger partial charge in [0.15, 0.2) is 0 Å². The van der Waals surface area contributed by atoms with Crippen molar-refractivity contribution in [3.63, 3.8) is 0 Å². The highest BCUT2D eigenvalue weighted by Crippen LogP contribution is 2.48. The van der Waals surface area contributed by atoms with Crippen LogP contribution in [0.1, 0.15) is 25.1 Å². The van der Waals surface area contributed by atoms with E-state index < -0.39 is 12.0 Å². The molecule has 0 saturated heterocycles. The smallest absolute Gasteiger partial charge is 0.385 e. The van der Waals surface area contributed by atoms with Gasteiger partial charge in [0.1, 0.15) is 11.6 Å². The van der Waals surface area contributed by atoms with Gasteiger partial charge in [-0.25, -0.2) is 9.97 Å². The lowest BCUT2D eigenvalue weighted by Crippen LogP contribution is -2.20. The number of methoxy groups -OCH3 is 1. The van der Waals surface area contributed by atoms with Crippen LogP contribution in [0.15, 0.2) is 6.07 Å². The van der Waals surface area contributed by atoms with E-state index in [0.29, 0.717) is 13.2 Å². The zero-order valence-electron chi connectivity index (χ0n) is 12.0. The van der Waals surface area contributed by atoms with Crippen LogP contribution in [0, 0.1) is 5.41 Å². The Morgan fingerprint density at radius 3 is 2.48 bits per heavy atom. The van der Waals surface area contributed by atoms with Crippen molar-refractivity contribution in [2.45, 2.75) is 25.4 Å². The second kappa shape index (κ2) is 6.05. The second-order valence-corrected chi connectivity index (χ2v) is 5.31. The first-order chi connectivity index (χ1) is 9.88. The van der Waals surface area contributed by atoms with Gasteiger partial charge in [0.25, 0.3) is 0 Å². The van der Waals surface area contributed by atoms with Crippen LogP contribution < -0.4 is 10.6 Å². The van der Waals surface area contributed by atoms with Crippen LogP contribution in [-0.4, -0.2) is 37.3 Å². The molecule has 1 aliphatic rings. The monoisotopic (exact) mass is 304 g/mol. The Kier molecular flexibility index (Phi) is 4.55. The summed E-state index contributed by atoms with van der Waals surface area (Å²) in [7, 11) is 3.16. The van der Waals surface area contributed by atoms with Crippen LogP contribution in [0.3, 0.4) is 0 Å². The van der Waals surface area contributed by atoms with Crippen LogP contribution in [0.2, 0.25) is 0 Å². The Balaban J connectivity index is 2.06. The maximum Gasteiger partial charge on any atom is 0.451 e. The van der Waals surface area contributed by atoms with Crippen LogP contribution >= 0.6 is 0 Å². The number of ether oxygens (including phenoxy) is 1. The number of nitrogens with one attached hydrogen (secondary N) is 2. The average Bonchev–Trinajstić information content (AvgIpc) is 3.22. The Hall–Kier alpha value is -1.57. The first-order valence-corrected chi connectivity index (χ1v) is 6.75. The molecule has 0 bridgehead atoms. The van der Waals surface area contributed by atoms with E-state index in [1.165, 1.54) is 13.1 Å². The van der Waals surface area contributed by atoms with Crippen molar-refractivity contribution >= 4 is 11.6 Å². The molecule has 1 aromatic heterocycles. The lowest BCUT2D eigenvalue weighted by molar-refractivity contribution is -0.144. The van der Waals surface area contributed by atoms with Gasteiger partial charge in [-0.1, -0.05) is 0 Å². The molecule has 5 nitrogen and oxygen atoms in total. The van der Waals surface area contributed by atoms with Gasteiger partial charge in [0.2, 0.25) is 5.82 Å². The number of aromatic nitrogens is 2. The van der Waals surface area contributed by atoms with Gasteiger partial charge < -0.3 is 15.4 Å². The molecule has 0 spiro atoms. The Morgan fingerprint density at radius 1 is 1.29 bits per heavy atom. The summed E-state index contributed by atoms with van der Waals surface area (Å²) in [6.45, 7) is 1.24. The quantitative estimate of drug-likeness (QED) is 0.811. The summed E-state index contributed by atoms with van der Waals surface area (Å²) < 4.78 is 43.3. The van der Waals surface area contributed by atoms with Gasteiger partial charge in [0.05, 0.1) is 0 Å². The molecule has 1 heterocycles. The van der Waals surface area contributed by atoms with E-state index in [1.54, 1.807) is 7.11 Å². The fourth-order valence-corrected chi connectivity index (χ4v) is 2.08. The van der Waals surface area contributed by atoms with Crippen molar-refractivity contribution in [2.75, 3.05) is 37.9 Å². The van der Waals surface area contributed by atoms with E-state index in [2.05, 4.69) is 20.6 Å². The summed E-state index contributed by atoms with van der Waals surface area (Å²) in [5.74, 6) is -0.814. The number of anilines is 2. The molecule has 0 amide bonds. The van der Waals surface area contributed by atoms with Crippen molar-refractivity contribution in [1.29, 1.82) is 0 Å². The number of hydrogen-bond donors (Lipinski definition) is 2. The number of halogens is 3. The third-order valence-corrected chi connectivity index (χ3v) is 3.67. The summed E-state index contributed by atoms with van der Waals surface area (Å²) >= 11 is 0. The molecule has 0 atom stereocenters. The zero-order chi connectivity index (χ0) is 15.5. The normalized spacial score (nSPS) is 16.6.